The normalized spacial score (nSPS) is 34.5. The number of carbonyl (C=O) groups is 3. The summed E-state index contributed by atoms with van der Waals surface area (Å²) in [5, 5.41) is 11.7. The largest absolute Gasteiger partial charge is 0.478 e. The highest BCUT2D eigenvalue weighted by molar-refractivity contribution is 5.97. The fourth-order valence-electron chi connectivity index (χ4n) is 4.28. The van der Waals surface area contributed by atoms with Gasteiger partial charge >= 0.3 is 11.9 Å². The third-order valence-corrected chi connectivity index (χ3v) is 5.19. The van der Waals surface area contributed by atoms with E-state index in [4.69, 9.17) is 9.84 Å². The molecule has 3 fully saturated rings. The van der Waals surface area contributed by atoms with E-state index in [1.165, 1.54) is 12.1 Å². The molecule has 6 heteroatoms. The number of carboxylic acids is 1. The van der Waals surface area contributed by atoms with Gasteiger partial charge < -0.3 is 15.2 Å². The van der Waals surface area contributed by atoms with Crippen molar-refractivity contribution in [3.8, 4) is 0 Å². The third-order valence-electron chi connectivity index (χ3n) is 5.19. The number of anilines is 1. The predicted octanol–water partition coefficient (Wildman–Crippen LogP) is 1.52. The second-order valence-electron chi connectivity index (χ2n) is 6.29. The van der Waals surface area contributed by atoms with Crippen molar-refractivity contribution < 1.29 is 24.2 Å². The molecule has 1 aliphatic heterocycles. The maximum absolute atomic E-state index is 12.5. The van der Waals surface area contributed by atoms with Gasteiger partial charge in [-0.2, -0.15) is 0 Å². The first-order valence-electron chi connectivity index (χ1n) is 7.39. The Bertz CT molecular complexity index is 666. The van der Waals surface area contributed by atoms with Crippen LogP contribution < -0.4 is 5.32 Å². The molecule has 4 rings (SSSR count). The highest BCUT2D eigenvalue weighted by atomic mass is 16.6. The molecule has 3 aliphatic rings. The summed E-state index contributed by atoms with van der Waals surface area (Å²) in [6.07, 6.45) is 1.68. The Kier molecular flexibility index (Phi) is 2.76. The standard InChI is InChI=1S/C16H15NO5/c18-14(17-9-3-1-7(2-4-9)15(19)20)12-8-5-10-11(6-8)22-16(21)13(10)12/h1-4,8,10-13H,5-6H2,(H,17,18)(H,19,20)/t8-,10+,11+,12-,13+/m1/s1. The molecule has 1 amide bonds. The number of nitrogens with one attached hydrogen (secondary N) is 1. The fourth-order valence-corrected chi connectivity index (χ4v) is 4.28. The van der Waals surface area contributed by atoms with Crippen LogP contribution in [0.2, 0.25) is 0 Å². The first-order chi connectivity index (χ1) is 10.5. The number of aromatic carboxylic acids is 1. The Labute approximate surface area is 126 Å². The van der Waals surface area contributed by atoms with Crippen molar-refractivity contribution in [2.75, 3.05) is 5.32 Å². The predicted molar refractivity (Wildman–Crippen MR) is 75.1 cm³/mol. The van der Waals surface area contributed by atoms with E-state index in [0.29, 0.717) is 5.69 Å². The molecule has 1 aromatic carbocycles. The van der Waals surface area contributed by atoms with Crippen molar-refractivity contribution in [3.63, 3.8) is 0 Å². The van der Waals surface area contributed by atoms with Crippen LogP contribution in [0.25, 0.3) is 0 Å². The minimum Gasteiger partial charge on any atom is -0.478 e. The molecule has 1 heterocycles. The van der Waals surface area contributed by atoms with Gasteiger partial charge in [0.1, 0.15) is 6.10 Å². The van der Waals surface area contributed by atoms with E-state index in [1.54, 1.807) is 12.1 Å². The van der Waals surface area contributed by atoms with Gasteiger partial charge in [0, 0.05) is 11.6 Å². The Morgan fingerprint density at radius 2 is 1.91 bits per heavy atom. The van der Waals surface area contributed by atoms with Crippen LogP contribution in [0.4, 0.5) is 5.69 Å². The smallest absolute Gasteiger partial charge is 0.335 e. The molecule has 1 aromatic rings. The van der Waals surface area contributed by atoms with E-state index in [1.807, 2.05) is 0 Å². The minimum absolute atomic E-state index is 0.0152. The second kappa shape index (κ2) is 4.56. The number of fused-ring (bicyclic) bond motifs is 1. The number of rotatable bonds is 3. The number of carbonyl (C=O) groups excluding carboxylic acids is 2. The molecule has 2 saturated carbocycles. The highest BCUT2D eigenvalue weighted by Crippen LogP contribution is 2.57. The van der Waals surface area contributed by atoms with Gasteiger partial charge in [-0.05, 0) is 43.0 Å². The molecule has 2 aliphatic carbocycles. The van der Waals surface area contributed by atoms with Crippen molar-refractivity contribution in [3.05, 3.63) is 29.8 Å². The summed E-state index contributed by atoms with van der Waals surface area (Å²) < 4.78 is 5.33. The van der Waals surface area contributed by atoms with Gasteiger partial charge in [-0.1, -0.05) is 0 Å². The molecular formula is C16H15NO5. The van der Waals surface area contributed by atoms with Crippen molar-refractivity contribution in [2.24, 2.45) is 23.7 Å². The molecule has 0 unspecified atom stereocenters. The maximum atomic E-state index is 12.5. The Morgan fingerprint density at radius 3 is 2.59 bits per heavy atom. The van der Waals surface area contributed by atoms with Crippen molar-refractivity contribution in [1.29, 1.82) is 0 Å². The molecule has 0 radical (unpaired) electrons. The summed E-state index contributed by atoms with van der Waals surface area (Å²) >= 11 is 0. The number of amides is 1. The molecule has 2 N–H and O–H groups in total. The highest BCUT2D eigenvalue weighted by Gasteiger charge is 2.63. The Balaban J connectivity index is 1.51. The molecule has 1 saturated heterocycles. The SMILES string of the molecule is O=C(O)c1ccc(NC(=O)[C@@H]2[C@@H]3C[C@@H]4[C@@H]2C(=O)O[C@H]4C3)cc1. The van der Waals surface area contributed by atoms with E-state index < -0.39 is 5.97 Å². The minimum atomic E-state index is -1.01. The van der Waals surface area contributed by atoms with Gasteiger partial charge in [0.25, 0.3) is 0 Å². The van der Waals surface area contributed by atoms with Crippen LogP contribution in [-0.4, -0.2) is 29.1 Å². The van der Waals surface area contributed by atoms with Crippen LogP contribution in [0.1, 0.15) is 23.2 Å². The summed E-state index contributed by atoms with van der Waals surface area (Å²) in [6.45, 7) is 0. The Morgan fingerprint density at radius 1 is 1.18 bits per heavy atom. The van der Waals surface area contributed by atoms with E-state index in [0.717, 1.165) is 12.8 Å². The van der Waals surface area contributed by atoms with Crippen LogP contribution in [0, 0.1) is 23.7 Å². The second-order valence-corrected chi connectivity index (χ2v) is 6.29. The third kappa shape index (κ3) is 1.83. The fraction of sp³-hybridized carbons (Fsp3) is 0.438. The molecule has 22 heavy (non-hydrogen) atoms. The number of esters is 1. The van der Waals surface area contributed by atoms with Crippen LogP contribution >= 0.6 is 0 Å². The summed E-state index contributed by atoms with van der Waals surface area (Å²) in [5.41, 5.74) is 0.709. The van der Waals surface area contributed by atoms with Crippen molar-refractivity contribution in [2.45, 2.75) is 18.9 Å². The van der Waals surface area contributed by atoms with Gasteiger partial charge in [0.2, 0.25) is 5.91 Å². The van der Waals surface area contributed by atoms with E-state index in [9.17, 15) is 14.4 Å². The van der Waals surface area contributed by atoms with Crippen LogP contribution in [0.15, 0.2) is 24.3 Å². The first-order valence-corrected chi connectivity index (χ1v) is 7.39. The van der Waals surface area contributed by atoms with Crippen molar-refractivity contribution >= 4 is 23.5 Å². The average Bonchev–Trinajstić information content (AvgIpc) is 3.09. The van der Waals surface area contributed by atoms with Gasteiger partial charge in [-0.15, -0.1) is 0 Å². The van der Waals surface area contributed by atoms with Crippen LogP contribution in [0.5, 0.6) is 0 Å². The van der Waals surface area contributed by atoms with Crippen molar-refractivity contribution in [1.82, 2.24) is 0 Å². The zero-order valence-corrected chi connectivity index (χ0v) is 11.7. The number of carboxylic acid groups (broad SMARTS) is 1. The zero-order chi connectivity index (χ0) is 15.4. The maximum Gasteiger partial charge on any atom is 0.335 e. The summed E-state index contributed by atoms with van der Waals surface area (Å²) in [4.78, 5) is 35.2. The number of ether oxygens (including phenoxy) is 1. The Hall–Kier alpha value is -2.37. The monoisotopic (exact) mass is 301 g/mol. The first kappa shape index (κ1) is 13.3. The summed E-state index contributed by atoms with van der Waals surface area (Å²) in [7, 11) is 0. The average molecular weight is 301 g/mol. The van der Waals surface area contributed by atoms with E-state index in [2.05, 4.69) is 5.32 Å². The van der Waals surface area contributed by atoms with Crippen LogP contribution in [-0.2, 0) is 14.3 Å². The molecule has 2 bridgehead atoms. The van der Waals surface area contributed by atoms with Gasteiger partial charge in [-0.25, -0.2) is 4.79 Å². The number of benzene rings is 1. The lowest BCUT2D eigenvalue weighted by Crippen LogP contribution is -2.35. The number of hydrogen-bond donors (Lipinski definition) is 2. The summed E-state index contributed by atoms with van der Waals surface area (Å²) in [5.74, 6) is -1.63. The molecule has 6 nitrogen and oxygen atoms in total. The number of hydrogen-bond acceptors (Lipinski definition) is 4. The lowest BCUT2D eigenvalue weighted by Gasteiger charge is -2.23. The quantitative estimate of drug-likeness (QED) is 0.826. The molecule has 0 spiro atoms. The topological polar surface area (TPSA) is 92.7 Å². The van der Waals surface area contributed by atoms with E-state index in [-0.39, 0.29) is 47.2 Å². The lowest BCUT2D eigenvalue weighted by atomic mass is 9.79. The zero-order valence-electron chi connectivity index (χ0n) is 11.7. The molecular weight excluding hydrogens is 286 g/mol. The van der Waals surface area contributed by atoms with Gasteiger partial charge in [0.15, 0.2) is 0 Å². The molecule has 5 atom stereocenters. The summed E-state index contributed by atoms with van der Waals surface area (Å²) in [6, 6.07) is 6.01. The molecule has 0 aromatic heterocycles. The van der Waals surface area contributed by atoms with Gasteiger partial charge in [0.05, 0.1) is 17.4 Å². The van der Waals surface area contributed by atoms with Crippen LogP contribution in [0.3, 0.4) is 0 Å². The molecule has 114 valence electrons. The lowest BCUT2D eigenvalue weighted by molar-refractivity contribution is -0.145. The van der Waals surface area contributed by atoms with E-state index >= 15 is 0 Å². The van der Waals surface area contributed by atoms with Gasteiger partial charge in [-0.3, -0.25) is 9.59 Å².